The number of hydrogen-bond acceptors (Lipinski definition) is 4. The van der Waals surface area contributed by atoms with Gasteiger partial charge in [-0.25, -0.2) is 0 Å². The molecule has 1 unspecified atom stereocenters. The van der Waals surface area contributed by atoms with Crippen molar-refractivity contribution in [2.45, 2.75) is 6.04 Å². The van der Waals surface area contributed by atoms with Gasteiger partial charge >= 0.3 is 0 Å². The Hall–Kier alpha value is -1.46. The molecule has 1 heterocycles. The molecule has 4 nitrogen and oxygen atoms in total. The quantitative estimate of drug-likeness (QED) is 0.942. The second kappa shape index (κ2) is 5.46. The predicted octanol–water partition coefficient (Wildman–Crippen LogP) is 3.11. The molecule has 2 N–H and O–H groups in total. The lowest BCUT2D eigenvalue weighted by atomic mass is 10.0. The standard InChI is InChI=1S/C13H14BrNO3/c1-16-8-3-4-11(17-2)10(7-8)12(15)9-5-6-18-13(9)14/h3-7,12H,15H2,1-2H3. The van der Waals surface area contributed by atoms with Gasteiger partial charge in [-0.15, -0.1) is 0 Å². The van der Waals surface area contributed by atoms with Gasteiger partial charge < -0.3 is 19.6 Å². The highest BCUT2D eigenvalue weighted by Crippen LogP contribution is 2.34. The molecule has 5 heteroatoms. The minimum Gasteiger partial charge on any atom is -0.497 e. The Morgan fingerprint density at radius 2 is 1.94 bits per heavy atom. The average molecular weight is 312 g/mol. The number of furan rings is 1. The Morgan fingerprint density at radius 1 is 1.17 bits per heavy atom. The molecule has 0 fully saturated rings. The van der Waals surface area contributed by atoms with Crippen molar-refractivity contribution in [3.63, 3.8) is 0 Å². The molecule has 96 valence electrons. The summed E-state index contributed by atoms with van der Waals surface area (Å²) in [5.74, 6) is 1.46. The number of ether oxygens (including phenoxy) is 2. The third kappa shape index (κ3) is 2.37. The fourth-order valence-corrected chi connectivity index (χ4v) is 2.26. The van der Waals surface area contributed by atoms with Crippen LogP contribution in [0.5, 0.6) is 11.5 Å². The molecule has 0 aliphatic carbocycles. The third-order valence-corrected chi connectivity index (χ3v) is 3.40. The number of methoxy groups -OCH3 is 2. The number of rotatable bonds is 4. The van der Waals surface area contributed by atoms with Crippen LogP contribution in [0.25, 0.3) is 0 Å². The highest BCUT2D eigenvalue weighted by Gasteiger charge is 2.19. The topological polar surface area (TPSA) is 57.6 Å². The van der Waals surface area contributed by atoms with Crippen LogP contribution in [0.2, 0.25) is 0 Å². The van der Waals surface area contributed by atoms with Crippen LogP contribution in [0.1, 0.15) is 17.2 Å². The van der Waals surface area contributed by atoms with Gasteiger partial charge in [0, 0.05) is 11.1 Å². The molecule has 2 aromatic rings. The van der Waals surface area contributed by atoms with Crippen LogP contribution in [-0.2, 0) is 0 Å². The van der Waals surface area contributed by atoms with Gasteiger partial charge in [-0.05, 0) is 40.2 Å². The molecule has 0 aliphatic rings. The van der Waals surface area contributed by atoms with Crippen molar-refractivity contribution in [2.75, 3.05) is 14.2 Å². The lowest BCUT2D eigenvalue weighted by Gasteiger charge is -2.16. The normalized spacial score (nSPS) is 12.2. The summed E-state index contributed by atoms with van der Waals surface area (Å²) in [7, 11) is 3.23. The third-order valence-electron chi connectivity index (χ3n) is 2.75. The molecule has 0 saturated heterocycles. The summed E-state index contributed by atoms with van der Waals surface area (Å²) in [6.45, 7) is 0. The maximum absolute atomic E-state index is 6.24. The first-order valence-electron chi connectivity index (χ1n) is 5.37. The van der Waals surface area contributed by atoms with Crippen LogP contribution in [0.3, 0.4) is 0 Å². The van der Waals surface area contributed by atoms with Crippen LogP contribution in [0.15, 0.2) is 39.6 Å². The SMILES string of the molecule is COc1ccc(OC)c(C(N)c2ccoc2Br)c1. The maximum atomic E-state index is 6.24. The number of nitrogens with two attached hydrogens (primary N) is 1. The van der Waals surface area contributed by atoms with Gasteiger partial charge in [0.05, 0.1) is 26.5 Å². The van der Waals surface area contributed by atoms with Crippen LogP contribution in [0.4, 0.5) is 0 Å². The summed E-state index contributed by atoms with van der Waals surface area (Å²) < 4.78 is 16.4. The minimum absolute atomic E-state index is 0.344. The zero-order chi connectivity index (χ0) is 13.1. The predicted molar refractivity (Wildman–Crippen MR) is 72.0 cm³/mol. The van der Waals surface area contributed by atoms with Crippen LogP contribution in [-0.4, -0.2) is 14.2 Å². The molecule has 1 aromatic carbocycles. The molecule has 18 heavy (non-hydrogen) atoms. The highest BCUT2D eigenvalue weighted by molar-refractivity contribution is 9.10. The van der Waals surface area contributed by atoms with E-state index in [1.54, 1.807) is 20.5 Å². The Labute approximate surface area is 114 Å². The van der Waals surface area contributed by atoms with E-state index in [0.717, 1.165) is 22.6 Å². The van der Waals surface area contributed by atoms with Gasteiger partial charge in [0.15, 0.2) is 4.67 Å². The van der Waals surface area contributed by atoms with E-state index in [1.165, 1.54) is 0 Å². The van der Waals surface area contributed by atoms with E-state index >= 15 is 0 Å². The highest BCUT2D eigenvalue weighted by atomic mass is 79.9. The van der Waals surface area contributed by atoms with Gasteiger partial charge in [0.1, 0.15) is 11.5 Å². The van der Waals surface area contributed by atoms with Crippen molar-refractivity contribution in [3.8, 4) is 11.5 Å². The summed E-state index contributed by atoms with van der Waals surface area (Å²) in [4.78, 5) is 0. The molecule has 2 rings (SSSR count). The van der Waals surface area contributed by atoms with Gasteiger partial charge in [0.2, 0.25) is 0 Å². The van der Waals surface area contributed by atoms with Gasteiger partial charge in [-0.2, -0.15) is 0 Å². The lowest BCUT2D eigenvalue weighted by Crippen LogP contribution is -2.13. The number of halogens is 1. The van der Waals surface area contributed by atoms with Crippen molar-refractivity contribution in [3.05, 3.63) is 46.3 Å². The summed E-state index contributed by atoms with van der Waals surface area (Å²) >= 11 is 3.33. The van der Waals surface area contributed by atoms with E-state index in [2.05, 4.69) is 15.9 Å². The number of benzene rings is 1. The van der Waals surface area contributed by atoms with Gasteiger partial charge in [-0.3, -0.25) is 0 Å². The zero-order valence-corrected chi connectivity index (χ0v) is 11.7. The smallest absolute Gasteiger partial charge is 0.174 e. The maximum Gasteiger partial charge on any atom is 0.174 e. The lowest BCUT2D eigenvalue weighted by molar-refractivity contribution is 0.397. The first-order valence-corrected chi connectivity index (χ1v) is 6.17. The largest absolute Gasteiger partial charge is 0.497 e. The van der Waals surface area contributed by atoms with Gasteiger partial charge in [0.25, 0.3) is 0 Å². The summed E-state index contributed by atoms with van der Waals surface area (Å²) in [5, 5.41) is 0. The number of hydrogen-bond donors (Lipinski definition) is 1. The summed E-state index contributed by atoms with van der Waals surface area (Å²) in [6.07, 6.45) is 1.59. The zero-order valence-electron chi connectivity index (χ0n) is 10.1. The van der Waals surface area contributed by atoms with E-state index < -0.39 is 0 Å². The first kappa shape index (κ1) is 13.0. The Bertz CT molecular complexity index is 539. The molecule has 1 aromatic heterocycles. The Morgan fingerprint density at radius 3 is 2.50 bits per heavy atom. The van der Waals surface area contributed by atoms with Crippen molar-refractivity contribution in [1.82, 2.24) is 0 Å². The van der Waals surface area contributed by atoms with E-state index in [0.29, 0.717) is 4.67 Å². The Balaban J connectivity index is 2.45. The van der Waals surface area contributed by atoms with Crippen LogP contribution >= 0.6 is 15.9 Å². The van der Waals surface area contributed by atoms with Crippen molar-refractivity contribution < 1.29 is 13.9 Å². The van der Waals surface area contributed by atoms with E-state index in [9.17, 15) is 0 Å². The molecular weight excluding hydrogens is 298 g/mol. The second-order valence-electron chi connectivity index (χ2n) is 3.74. The molecule has 0 radical (unpaired) electrons. The monoisotopic (exact) mass is 311 g/mol. The second-order valence-corrected chi connectivity index (χ2v) is 4.46. The van der Waals surface area contributed by atoms with Gasteiger partial charge in [-0.1, -0.05) is 0 Å². The fraction of sp³-hybridized carbons (Fsp3) is 0.231. The fourth-order valence-electron chi connectivity index (χ4n) is 1.78. The molecule has 0 spiro atoms. The molecule has 0 bridgehead atoms. The van der Waals surface area contributed by atoms with E-state index in [1.807, 2.05) is 24.3 Å². The molecule has 0 saturated carbocycles. The van der Waals surface area contributed by atoms with E-state index in [-0.39, 0.29) is 6.04 Å². The average Bonchev–Trinajstić information content (AvgIpc) is 2.83. The molecule has 0 amide bonds. The first-order chi connectivity index (χ1) is 8.67. The van der Waals surface area contributed by atoms with Crippen molar-refractivity contribution >= 4 is 15.9 Å². The summed E-state index contributed by atoms with van der Waals surface area (Å²) in [6, 6.07) is 7.01. The minimum atomic E-state index is -0.344. The van der Waals surface area contributed by atoms with Crippen molar-refractivity contribution in [2.24, 2.45) is 5.73 Å². The van der Waals surface area contributed by atoms with Crippen LogP contribution in [0, 0.1) is 0 Å². The van der Waals surface area contributed by atoms with E-state index in [4.69, 9.17) is 19.6 Å². The van der Waals surface area contributed by atoms with Crippen LogP contribution < -0.4 is 15.2 Å². The van der Waals surface area contributed by atoms with Crippen molar-refractivity contribution in [1.29, 1.82) is 0 Å². The molecule has 1 atom stereocenters. The molecule has 0 aliphatic heterocycles. The Kier molecular flexibility index (Phi) is 3.93. The molecular formula is C13H14BrNO3. The summed E-state index contributed by atoms with van der Waals surface area (Å²) in [5.41, 5.74) is 7.94.